The van der Waals surface area contributed by atoms with Crippen molar-refractivity contribution in [2.75, 3.05) is 25.6 Å². The van der Waals surface area contributed by atoms with Gasteiger partial charge in [-0.2, -0.15) is 0 Å². The summed E-state index contributed by atoms with van der Waals surface area (Å²) >= 11 is 1.41. The van der Waals surface area contributed by atoms with Crippen molar-refractivity contribution >= 4 is 45.2 Å². The maximum absolute atomic E-state index is 12.9. The molecule has 0 saturated heterocycles. The highest BCUT2D eigenvalue weighted by Gasteiger charge is 2.34. The lowest BCUT2D eigenvalue weighted by molar-refractivity contribution is -0.119. The molecule has 1 aliphatic rings. The number of hydrogen-bond donors (Lipinski definition) is 2. The van der Waals surface area contributed by atoms with Crippen LogP contribution in [0.3, 0.4) is 0 Å². The van der Waals surface area contributed by atoms with Crippen LogP contribution in [0.5, 0.6) is 5.75 Å². The first-order chi connectivity index (χ1) is 20.1. The molecule has 220 valence electrons. The van der Waals surface area contributed by atoms with Crippen LogP contribution >= 0.6 is 11.3 Å². The van der Waals surface area contributed by atoms with Crippen molar-refractivity contribution in [2.45, 2.75) is 47.0 Å². The molecule has 1 amide bonds. The average molecular weight is 590 g/mol. The number of hydrogen-bond acceptors (Lipinski definition) is 8. The normalized spacial score (nSPS) is 14.7. The largest absolute Gasteiger partial charge is 0.497 e. The Hall–Kier alpha value is -4.18. The van der Waals surface area contributed by atoms with E-state index < -0.39 is 24.5 Å². The minimum absolute atomic E-state index is 0.139. The molecule has 0 bridgehead atoms. The summed E-state index contributed by atoms with van der Waals surface area (Å²) in [6.45, 7) is 8.18. The van der Waals surface area contributed by atoms with E-state index in [1.807, 2.05) is 24.3 Å². The monoisotopic (exact) mass is 589 g/mol. The lowest BCUT2D eigenvalue weighted by Gasteiger charge is -2.33. The molecular formula is C32H35N3O6S. The molecule has 9 nitrogen and oxygen atoms in total. The van der Waals surface area contributed by atoms with Gasteiger partial charge < -0.3 is 24.5 Å². The standard InChI is InChI=1S/C32H35N3O6S/c1-6-40-31(38)27-22-13-10-20(32(2,3)4)16-25(22)42-29(27)35-26(36)17-41-30(37)19-9-14-23-24(15-19)34-28(33-23)18-7-11-21(39-5)12-8-18/h7-9,11-12,14-15,20H,6,10,13,16-17H2,1-5H3,(H,33,34)(H,35,36). The van der Waals surface area contributed by atoms with Gasteiger partial charge in [-0.25, -0.2) is 14.6 Å². The van der Waals surface area contributed by atoms with Crippen LogP contribution in [0.15, 0.2) is 42.5 Å². The number of nitrogens with one attached hydrogen (secondary N) is 2. The fourth-order valence-corrected chi connectivity index (χ4v) is 6.56. The Morgan fingerprint density at radius 1 is 1.07 bits per heavy atom. The molecule has 2 N–H and O–H groups in total. The number of methoxy groups -OCH3 is 1. The summed E-state index contributed by atoms with van der Waals surface area (Å²) < 4.78 is 15.9. The number of aromatic nitrogens is 2. The molecule has 0 radical (unpaired) electrons. The van der Waals surface area contributed by atoms with Gasteiger partial charge in [0.15, 0.2) is 6.61 Å². The quantitative estimate of drug-likeness (QED) is 0.228. The van der Waals surface area contributed by atoms with Gasteiger partial charge in [-0.15, -0.1) is 11.3 Å². The average Bonchev–Trinajstić information content (AvgIpc) is 3.56. The highest BCUT2D eigenvalue weighted by molar-refractivity contribution is 7.17. The number of benzene rings is 2. The molecule has 5 rings (SSSR count). The second-order valence-corrected chi connectivity index (χ2v) is 12.5. The van der Waals surface area contributed by atoms with Crippen molar-refractivity contribution in [3.8, 4) is 17.1 Å². The molecule has 2 aromatic carbocycles. The second kappa shape index (κ2) is 12.0. The molecule has 4 aromatic rings. The fourth-order valence-electron chi connectivity index (χ4n) is 5.23. The van der Waals surface area contributed by atoms with Crippen LogP contribution in [0, 0.1) is 11.3 Å². The van der Waals surface area contributed by atoms with Gasteiger partial charge in [0.25, 0.3) is 5.91 Å². The summed E-state index contributed by atoms with van der Waals surface area (Å²) in [5.74, 6) is 0.262. The Kier molecular flexibility index (Phi) is 8.36. The van der Waals surface area contributed by atoms with Crippen molar-refractivity contribution in [3.05, 3.63) is 64.0 Å². The summed E-state index contributed by atoms with van der Waals surface area (Å²) in [6, 6.07) is 12.5. The number of H-pyrrole nitrogens is 1. The molecule has 1 aliphatic carbocycles. The van der Waals surface area contributed by atoms with Gasteiger partial charge in [0, 0.05) is 10.4 Å². The summed E-state index contributed by atoms with van der Waals surface area (Å²) in [5, 5.41) is 3.25. The Balaban J connectivity index is 1.27. The van der Waals surface area contributed by atoms with E-state index in [2.05, 4.69) is 36.1 Å². The lowest BCUT2D eigenvalue weighted by Crippen LogP contribution is -2.26. The summed E-state index contributed by atoms with van der Waals surface area (Å²) in [7, 11) is 1.61. The van der Waals surface area contributed by atoms with Gasteiger partial charge in [0.05, 0.1) is 35.9 Å². The van der Waals surface area contributed by atoms with Crippen LogP contribution in [0.25, 0.3) is 22.4 Å². The van der Waals surface area contributed by atoms with E-state index in [1.54, 1.807) is 32.2 Å². The number of carbonyl (C=O) groups excluding carboxylic acids is 3. The van der Waals surface area contributed by atoms with Gasteiger partial charge >= 0.3 is 11.9 Å². The zero-order valence-corrected chi connectivity index (χ0v) is 25.3. The first kappa shape index (κ1) is 29.3. The molecule has 2 heterocycles. The first-order valence-electron chi connectivity index (χ1n) is 14.0. The van der Waals surface area contributed by atoms with E-state index in [0.29, 0.717) is 33.3 Å². The number of fused-ring (bicyclic) bond motifs is 2. The molecule has 2 aromatic heterocycles. The smallest absolute Gasteiger partial charge is 0.341 e. The lowest BCUT2D eigenvalue weighted by atomic mass is 9.72. The number of amides is 1. The Morgan fingerprint density at radius 3 is 2.52 bits per heavy atom. The van der Waals surface area contributed by atoms with E-state index in [1.165, 1.54) is 11.3 Å². The van der Waals surface area contributed by atoms with Crippen molar-refractivity contribution < 1.29 is 28.6 Å². The van der Waals surface area contributed by atoms with Crippen molar-refractivity contribution in [1.29, 1.82) is 0 Å². The third-order valence-corrected chi connectivity index (χ3v) is 8.81. The number of ether oxygens (including phenoxy) is 3. The Morgan fingerprint density at radius 2 is 1.83 bits per heavy atom. The van der Waals surface area contributed by atoms with Gasteiger partial charge in [-0.05, 0) is 85.5 Å². The van der Waals surface area contributed by atoms with E-state index in [0.717, 1.165) is 41.0 Å². The number of carbonyl (C=O) groups is 3. The summed E-state index contributed by atoms with van der Waals surface area (Å²) in [5.41, 5.74) is 4.02. The van der Waals surface area contributed by atoms with E-state index in [4.69, 9.17) is 14.2 Å². The maximum Gasteiger partial charge on any atom is 0.341 e. The minimum Gasteiger partial charge on any atom is -0.497 e. The number of nitrogens with zero attached hydrogens (tertiary/aromatic N) is 1. The van der Waals surface area contributed by atoms with Gasteiger partial charge in [-0.1, -0.05) is 20.8 Å². The molecule has 0 saturated carbocycles. The van der Waals surface area contributed by atoms with Crippen molar-refractivity contribution in [3.63, 3.8) is 0 Å². The second-order valence-electron chi connectivity index (χ2n) is 11.4. The van der Waals surface area contributed by atoms with Crippen molar-refractivity contribution in [1.82, 2.24) is 9.97 Å². The van der Waals surface area contributed by atoms with Crippen LogP contribution < -0.4 is 10.1 Å². The van der Waals surface area contributed by atoms with Crippen LogP contribution in [0.2, 0.25) is 0 Å². The van der Waals surface area contributed by atoms with Crippen LogP contribution in [0.4, 0.5) is 5.00 Å². The zero-order chi connectivity index (χ0) is 30.0. The van der Waals surface area contributed by atoms with Gasteiger partial charge in [0.1, 0.15) is 16.6 Å². The van der Waals surface area contributed by atoms with Crippen LogP contribution in [-0.2, 0) is 27.1 Å². The summed E-state index contributed by atoms with van der Waals surface area (Å²) in [4.78, 5) is 47.5. The molecule has 1 unspecified atom stereocenters. The zero-order valence-electron chi connectivity index (χ0n) is 24.5. The Labute approximate surface area is 248 Å². The predicted octanol–water partition coefficient (Wildman–Crippen LogP) is 6.42. The maximum atomic E-state index is 12.9. The number of rotatable bonds is 8. The van der Waals surface area contributed by atoms with Gasteiger partial charge in [-0.3, -0.25) is 4.79 Å². The highest BCUT2D eigenvalue weighted by atomic mass is 32.1. The van der Waals surface area contributed by atoms with Crippen LogP contribution in [0.1, 0.15) is 65.3 Å². The fraction of sp³-hybridized carbons (Fsp3) is 0.375. The number of imidazole rings is 1. The Bertz CT molecular complexity index is 1630. The number of anilines is 1. The highest BCUT2D eigenvalue weighted by Crippen LogP contribution is 2.44. The number of thiophene rings is 1. The molecule has 1 atom stereocenters. The first-order valence-corrected chi connectivity index (χ1v) is 14.8. The minimum atomic E-state index is -0.642. The molecule has 10 heteroatoms. The molecule has 0 fully saturated rings. The van der Waals surface area contributed by atoms with E-state index in [-0.39, 0.29) is 17.6 Å². The SMILES string of the molecule is CCOC(=O)c1c(NC(=O)COC(=O)c2ccc3nc(-c4ccc(OC)cc4)[nH]c3c2)sc2c1CCC(C(C)(C)C)C2. The van der Waals surface area contributed by atoms with Crippen molar-refractivity contribution in [2.24, 2.45) is 11.3 Å². The van der Waals surface area contributed by atoms with E-state index in [9.17, 15) is 14.4 Å². The number of esters is 2. The topological polar surface area (TPSA) is 120 Å². The van der Waals surface area contributed by atoms with Gasteiger partial charge in [0.2, 0.25) is 0 Å². The number of aromatic amines is 1. The predicted molar refractivity (Wildman–Crippen MR) is 162 cm³/mol. The molecule has 42 heavy (non-hydrogen) atoms. The third-order valence-electron chi connectivity index (χ3n) is 7.64. The third kappa shape index (κ3) is 6.18. The molecule has 0 aliphatic heterocycles. The summed E-state index contributed by atoms with van der Waals surface area (Å²) in [6.07, 6.45) is 2.56. The molecule has 0 spiro atoms. The molecular weight excluding hydrogens is 554 g/mol. The van der Waals surface area contributed by atoms with Crippen LogP contribution in [-0.4, -0.2) is 48.1 Å². The van der Waals surface area contributed by atoms with E-state index >= 15 is 0 Å².